The van der Waals surface area contributed by atoms with E-state index in [0.717, 1.165) is 5.01 Å². The monoisotopic (exact) mass is 291 g/mol. The van der Waals surface area contributed by atoms with Gasteiger partial charge in [-0.2, -0.15) is 0 Å². The van der Waals surface area contributed by atoms with E-state index in [1.807, 2.05) is 19.2 Å². The number of hydrogen-bond acceptors (Lipinski definition) is 6. The zero-order chi connectivity index (χ0) is 14.8. The van der Waals surface area contributed by atoms with Crippen molar-refractivity contribution in [1.29, 1.82) is 0 Å². The van der Waals surface area contributed by atoms with E-state index in [4.69, 9.17) is 0 Å². The highest BCUT2D eigenvalue weighted by molar-refractivity contribution is 7.09. The van der Waals surface area contributed by atoms with Gasteiger partial charge in [0, 0.05) is 25.7 Å². The predicted octanol–water partition coefficient (Wildman–Crippen LogP) is 1.98. The van der Waals surface area contributed by atoms with E-state index in [0.29, 0.717) is 11.5 Å². The van der Waals surface area contributed by atoms with Crippen molar-refractivity contribution in [1.82, 2.24) is 20.1 Å². The van der Waals surface area contributed by atoms with Gasteiger partial charge in [-0.25, -0.2) is 4.98 Å². The number of nitrogens with zero attached hydrogens (tertiary/aromatic N) is 4. The minimum atomic E-state index is -0.337. The number of thiazole rings is 1. The highest BCUT2D eigenvalue weighted by Crippen LogP contribution is 2.25. The van der Waals surface area contributed by atoms with Gasteiger partial charge in [-0.15, -0.1) is 21.5 Å². The molecule has 2 aromatic rings. The summed E-state index contributed by atoms with van der Waals surface area (Å²) in [4.78, 5) is 17.5. The summed E-state index contributed by atoms with van der Waals surface area (Å²) >= 11 is 1.58. The molecule has 2 aromatic heterocycles. The molecule has 6 nitrogen and oxygen atoms in total. The highest BCUT2D eigenvalue weighted by Gasteiger charge is 2.23. The van der Waals surface area contributed by atoms with Crippen LogP contribution in [-0.2, 0) is 5.54 Å². The predicted molar refractivity (Wildman–Crippen MR) is 78.8 cm³/mol. The quantitative estimate of drug-likeness (QED) is 0.932. The second-order valence-electron chi connectivity index (χ2n) is 5.09. The molecule has 0 bridgehead atoms. The molecule has 0 radical (unpaired) electrons. The summed E-state index contributed by atoms with van der Waals surface area (Å²) in [5, 5.41) is 14.2. The Morgan fingerprint density at radius 1 is 1.30 bits per heavy atom. The van der Waals surface area contributed by atoms with Gasteiger partial charge in [-0.1, -0.05) is 0 Å². The zero-order valence-corrected chi connectivity index (χ0v) is 12.7. The Morgan fingerprint density at radius 2 is 2.05 bits per heavy atom. The van der Waals surface area contributed by atoms with Crippen molar-refractivity contribution in [3.05, 3.63) is 34.4 Å². The van der Waals surface area contributed by atoms with Crippen LogP contribution in [0.5, 0.6) is 0 Å². The number of rotatable bonds is 4. The Balaban J connectivity index is 2.13. The molecule has 2 heterocycles. The van der Waals surface area contributed by atoms with Gasteiger partial charge < -0.3 is 10.2 Å². The molecule has 20 heavy (non-hydrogen) atoms. The van der Waals surface area contributed by atoms with Crippen LogP contribution < -0.4 is 5.32 Å². The number of hydrogen-bond donors (Lipinski definition) is 1. The van der Waals surface area contributed by atoms with Gasteiger partial charge in [0.05, 0.1) is 5.54 Å². The second kappa shape index (κ2) is 5.54. The third-order valence-electron chi connectivity index (χ3n) is 2.70. The fraction of sp³-hybridized carbons (Fsp3) is 0.385. The van der Waals surface area contributed by atoms with Crippen LogP contribution in [0, 0.1) is 0 Å². The van der Waals surface area contributed by atoms with Gasteiger partial charge in [-0.05, 0) is 26.0 Å². The molecule has 0 spiro atoms. The lowest BCUT2D eigenvalue weighted by Gasteiger charge is -2.24. The van der Waals surface area contributed by atoms with Crippen molar-refractivity contribution in [3.63, 3.8) is 0 Å². The fourth-order valence-corrected chi connectivity index (χ4v) is 2.37. The number of aromatic nitrogens is 3. The van der Waals surface area contributed by atoms with Crippen LogP contribution in [0.2, 0.25) is 0 Å². The number of anilines is 1. The van der Waals surface area contributed by atoms with Gasteiger partial charge in [0.2, 0.25) is 0 Å². The summed E-state index contributed by atoms with van der Waals surface area (Å²) in [6, 6.07) is 3.41. The third kappa shape index (κ3) is 3.11. The van der Waals surface area contributed by atoms with Crippen LogP contribution in [0.3, 0.4) is 0 Å². The maximum absolute atomic E-state index is 11.7. The number of carbonyl (C=O) groups is 1. The van der Waals surface area contributed by atoms with Gasteiger partial charge >= 0.3 is 0 Å². The Hall–Kier alpha value is -2.02. The van der Waals surface area contributed by atoms with E-state index in [-0.39, 0.29) is 11.4 Å². The molecule has 106 valence electrons. The van der Waals surface area contributed by atoms with Crippen molar-refractivity contribution in [2.75, 3.05) is 19.4 Å². The van der Waals surface area contributed by atoms with Crippen LogP contribution in [-0.4, -0.2) is 40.1 Å². The third-order valence-corrected chi connectivity index (χ3v) is 3.79. The molecule has 1 N–H and O–H groups in total. The van der Waals surface area contributed by atoms with Crippen LogP contribution in [0.15, 0.2) is 23.7 Å². The average Bonchev–Trinajstić information content (AvgIpc) is 2.93. The van der Waals surface area contributed by atoms with E-state index in [9.17, 15) is 4.79 Å². The Bertz CT molecular complexity index is 577. The number of amides is 1. The molecule has 0 aliphatic heterocycles. The Kier molecular flexibility index (Phi) is 3.99. The smallest absolute Gasteiger partial charge is 0.273 e. The van der Waals surface area contributed by atoms with Crippen molar-refractivity contribution >= 4 is 23.1 Å². The SMILES string of the molecule is CN(C)C(=O)c1ccc(NC(C)(C)c2nccs2)nn1. The van der Waals surface area contributed by atoms with Gasteiger partial charge in [-0.3, -0.25) is 4.79 Å². The normalized spacial score (nSPS) is 11.2. The van der Waals surface area contributed by atoms with E-state index < -0.39 is 0 Å². The molecule has 0 aliphatic carbocycles. The first kappa shape index (κ1) is 14.4. The van der Waals surface area contributed by atoms with Crippen molar-refractivity contribution in [2.24, 2.45) is 0 Å². The Labute approximate surface area is 121 Å². The fourth-order valence-electron chi connectivity index (χ4n) is 1.65. The standard InChI is InChI=1S/C13H17N5OS/c1-13(2,12-14-7-8-20-12)15-10-6-5-9(16-17-10)11(19)18(3)4/h5-8H,1-4H3,(H,15,17). The lowest BCUT2D eigenvalue weighted by Crippen LogP contribution is -2.29. The molecule has 0 unspecified atom stereocenters. The molecule has 2 rings (SSSR count). The molecule has 0 saturated carbocycles. The zero-order valence-electron chi connectivity index (χ0n) is 11.9. The van der Waals surface area contributed by atoms with Crippen molar-refractivity contribution < 1.29 is 4.79 Å². The van der Waals surface area contributed by atoms with Crippen molar-refractivity contribution in [2.45, 2.75) is 19.4 Å². The summed E-state index contributed by atoms with van der Waals surface area (Å²) in [7, 11) is 3.36. The van der Waals surface area contributed by atoms with Crippen LogP contribution in [0.25, 0.3) is 0 Å². The molecular formula is C13H17N5OS. The first-order chi connectivity index (χ1) is 9.40. The Morgan fingerprint density at radius 3 is 2.55 bits per heavy atom. The maximum Gasteiger partial charge on any atom is 0.273 e. The minimum Gasteiger partial charge on any atom is -0.357 e. The van der Waals surface area contributed by atoms with E-state index in [1.54, 1.807) is 43.8 Å². The molecule has 0 aromatic carbocycles. The molecule has 0 aliphatic rings. The van der Waals surface area contributed by atoms with Crippen LogP contribution in [0.4, 0.5) is 5.82 Å². The largest absolute Gasteiger partial charge is 0.357 e. The summed E-state index contributed by atoms with van der Waals surface area (Å²) in [5.74, 6) is 0.448. The van der Waals surface area contributed by atoms with Crippen LogP contribution in [0.1, 0.15) is 29.3 Å². The molecular weight excluding hydrogens is 274 g/mol. The average molecular weight is 291 g/mol. The summed E-state index contributed by atoms with van der Waals surface area (Å²) in [6.07, 6.45) is 1.77. The molecule has 0 atom stereocenters. The van der Waals surface area contributed by atoms with Gasteiger partial charge in [0.25, 0.3) is 5.91 Å². The first-order valence-electron chi connectivity index (χ1n) is 6.14. The van der Waals surface area contributed by atoms with E-state index >= 15 is 0 Å². The minimum absolute atomic E-state index is 0.164. The molecule has 0 fully saturated rings. The topological polar surface area (TPSA) is 71.0 Å². The molecule has 1 amide bonds. The van der Waals surface area contributed by atoms with Crippen molar-refractivity contribution in [3.8, 4) is 0 Å². The summed E-state index contributed by atoms with van der Waals surface area (Å²) < 4.78 is 0. The highest BCUT2D eigenvalue weighted by atomic mass is 32.1. The van der Waals surface area contributed by atoms with Gasteiger partial charge in [0.1, 0.15) is 10.8 Å². The second-order valence-corrected chi connectivity index (χ2v) is 5.99. The molecule has 7 heteroatoms. The maximum atomic E-state index is 11.7. The van der Waals surface area contributed by atoms with E-state index in [2.05, 4.69) is 20.5 Å². The number of carbonyl (C=O) groups excluding carboxylic acids is 1. The van der Waals surface area contributed by atoms with E-state index in [1.165, 1.54) is 4.90 Å². The summed E-state index contributed by atoms with van der Waals surface area (Å²) in [6.45, 7) is 4.04. The van der Waals surface area contributed by atoms with Gasteiger partial charge in [0.15, 0.2) is 5.69 Å². The first-order valence-corrected chi connectivity index (χ1v) is 7.01. The molecule has 0 saturated heterocycles. The lowest BCUT2D eigenvalue weighted by atomic mass is 10.1. The summed E-state index contributed by atoms with van der Waals surface area (Å²) in [5.41, 5.74) is -0.0109. The van der Waals surface area contributed by atoms with Crippen LogP contribution >= 0.6 is 11.3 Å². The lowest BCUT2D eigenvalue weighted by molar-refractivity contribution is 0.0821. The number of nitrogens with one attached hydrogen (secondary N) is 1.